The highest BCUT2D eigenvalue weighted by Gasteiger charge is 2.62. The van der Waals surface area contributed by atoms with E-state index in [1.807, 2.05) is 0 Å². The summed E-state index contributed by atoms with van der Waals surface area (Å²) in [4.78, 5) is 5.06. The van der Waals surface area contributed by atoms with E-state index in [1.165, 1.54) is 68.6 Å². The van der Waals surface area contributed by atoms with E-state index in [4.69, 9.17) is 4.42 Å². The standard InChI is InChI=1S/C53H40N2O/c1-3-17-41(18-4-1)54(42-19-5-2-6-20-42)47-22-11-15-37-31-39-26-27-40-32-38-16-12-23-48(52(38)53(39,40)51(37)47)55(43-28-25-35-13-7-8-14-36(35)33-43)44-29-30-46-45-21-9-10-24-49(45)56-50(46)34-44/h1-25,28-30,33-34,39-40H,26-27,31-32H2. The first-order chi connectivity index (χ1) is 27.8. The van der Waals surface area contributed by atoms with E-state index in [0.717, 1.165) is 46.2 Å². The van der Waals surface area contributed by atoms with Gasteiger partial charge in [0.1, 0.15) is 11.2 Å². The number of furan rings is 1. The minimum Gasteiger partial charge on any atom is -0.456 e. The maximum atomic E-state index is 6.56. The molecule has 0 radical (unpaired) electrons. The predicted octanol–water partition coefficient (Wildman–Crippen LogP) is 14.1. The second kappa shape index (κ2) is 12.2. The summed E-state index contributed by atoms with van der Waals surface area (Å²) in [5.41, 5.74) is 14.9. The monoisotopic (exact) mass is 720 g/mol. The summed E-state index contributed by atoms with van der Waals surface area (Å²) in [6, 6.07) is 67.0. The fourth-order valence-corrected chi connectivity index (χ4v) is 11.2. The molecule has 1 aromatic heterocycles. The predicted molar refractivity (Wildman–Crippen MR) is 231 cm³/mol. The Morgan fingerprint density at radius 3 is 1.62 bits per heavy atom. The van der Waals surface area contributed by atoms with Crippen LogP contribution in [0.2, 0.25) is 0 Å². The summed E-state index contributed by atoms with van der Waals surface area (Å²) in [6.07, 6.45) is 4.68. The fraction of sp³-hybridized carbons (Fsp3) is 0.132. The first kappa shape index (κ1) is 31.7. The Kier molecular flexibility index (Phi) is 6.92. The van der Waals surface area contributed by atoms with Crippen LogP contribution < -0.4 is 9.80 Å². The lowest BCUT2D eigenvalue weighted by Gasteiger charge is -2.40. The van der Waals surface area contributed by atoms with Crippen LogP contribution in [0.3, 0.4) is 0 Å². The van der Waals surface area contributed by atoms with Gasteiger partial charge in [0, 0.05) is 45.0 Å². The molecule has 8 aromatic carbocycles. The molecule has 1 fully saturated rings. The van der Waals surface area contributed by atoms with Gasteiger partial charge in [-0.1, -0.05) is 109 Å². The molecular weight excluding hydrogens is 681 g/mol. The quantitative estimate of drug-likeness (QED) is 0.170. The van der Waals surface area contributed by atoms with Crippen molar-refractivity contribution in [3.63, 3.8) is 0 Å². The summed E-state index contributed by atoms with van der Waals surface area (Å²) < 4.78 is 6.56. The molecule has 0 amide bonds. The average Bonchev–Trinajstić information content (AvgIpc) is 3.98. The zero-order valence-electron chi connectivity index (χ0n) is 31.1. The van der Waals surface area contributed by atoms with E-state index in [0.29, 0.717) is 11.8 Å². The molecule has 0 N–H and O–H groups in total. The first-order valence-corrected chi connectivity index (χ1v) is 20.1. The molecule has 1 heterocycles. The molecule has 3 heteroatoms. The summed E-state index contributed by atoms with van der Waals surface area (Å²) in [7, 11) is 0. The average molecular weight is 721 g/mol. The Hall–Kier alpha value is -6.58. The van der Waals surface area contributed by atoms with Gasteiger partial charge in [-0.15, -0.1) is 0 Å². The number of hydrogen-bond acceptors (Lipinski definition) is 3. The first-order valence-electron chi connectivity index (χ1n) is 20.1. The molecule has 0 bridgehead atoms. The number of hydrogen-bond donors (Lipinski definition) is 0. The van der Waals surface area contributed by atoms with Gasteiger partial charge in [-0.25, -0.2) is 0 Å². The largest absolute Gasteiger partial charge is 0.456 e. The van der Waals surface area contributed by atoms with Crippen molar-refractivity contribution in [1.82, 2.24) is 0 Å². The molecule has 3 aliphatic rings. The van der Waals surface area contributed by atoms with Crippen molar-refractivity contribution in [3.05, 3.63) is 204 Å². The van der Waals surface area contributed by atoms with Gasteiger partial charge in [-0.05, 0) is 137 Å². The lowest BCUT2D eigenvalue weighted by Crippen LogP contribution is -2.34. The van der Waals surface area contributed by atoms with E-state index in [2.05, 4.69) is 192 Å². The van der Waals surface area contributed by atoms with E-state index >= 15 is 0 Å². The van der Waals surface area contributed by atoms with Crippen LogP contribution in [0.1, 0.15) is 35.1 Å². The number of rotatable bonds is 6. The van der Waals surface area contributed by atoms with Crippen LogP contribution in [0.15, 0.2) is 186 Å². The topological polar surface area (TPSA) is 19.6 Å². The number of benzene rings is 8. The maximum Gasteiger partial charge on any atom is 0.137 e. The SMILES string of the molecule is c1ccc(N(c2ccccc2)c2cccc3c2C24c5c(cccc5N(c5ccc6ccccc6c5)c5ccc6c(c5)oc5ccccc56)CC2CCC4C3)cc1. The van der Waals surface area contributed by atoms with E-state index < -0.39 is 0 Å². The van der Waals surface area contributed by atoms with Crippen LogP contribution in [0, 0.1) is 11.8 Å². The molecule has 268 valence electrons. The van der Waals surface area contributed by atoms with Crippen molar-refractivity contribution in [2.75, 3.05) is 9.80 Å². The Morgan fingerprint density at radius 1 is 0.411 bits per heavy atom. The van der Waals surface area contributed by atoms with Gasteiger partial charge in [0.05, 0.1) is 11.4 Å². The number of nitrogens with zero attached hydrogens (tertiary/aromatic N) is 2. The van der Waals surface area contributed by atoms with Crippen LogP contribution in [0.4, 0.5) is 34.1 Å². The molecule has 3 atom stereocenters. The Balaban J connectivity index is 1.13. The van der Waals surface area contributed by atoms with Gasteiger partial charge in [-0.3, -0.25) is 0 Å². The third-order valence-electron chi connectivity index (χ3n) is 13.3. The molecule has 0 aliphatic heterocycles. The fourth-order valence-electron chi connectivity index (χ4n) is 11.2. The summed E-state index contributed by atoms with van der Waals surface area (Å²) in [5, 5.41) is 4.77. The summed E-state index contributed by atoms with van der Waals surface area (Å²) in [5.74, 6) is 1.05. The maximum absolute atomic E-state index is 6.56. The third-order valence-corrected chi connectivity index (χ3v) is 13.3. The van der Waals surface area contributed by atoms with Gasteiger partial charge in [-0.2, -0.15) is 0 Å². The van der Waals surface area contributed by atoms with Crippen LogP contribution in [0.25, 0.3) is 32.7 Å². The molecule has 3 unspecified atom stereocenters. The van der Waals surface area contributed by atoms with Gasteiger partial charge in [0.2, 0.25) is 0 Å². The molecule has 1 spiro atoms. The second-order valence-electron chi connectivity index (χ2n) is 16.0. The van der Waals surface area contributed by atoms with Crippen molar-refractivity contribution < 1.29 is 4.42 Å². The molecule has 1 saturated carbocycles. The van der Waals surface area contributed by atoms with Crippen molar-refractivity contribution in [2.45, 2.75) is 31.1 Å². The van der Waals surface area contributed by atoms with Crippen LogP contribution in [0.5, 0.6) is 0 Å². The van der Waals surface area contributed by atoms with Crippen molar-refractivity contribution in [3.8, 4) is 0 Å². The molecule has 12 rings (SSSR count). The van der Waals surface area contributed by atoms with Gasteiger partial charge >= 0.3 is 0 Å². The Bertz CT molecular complexity index is 2920. The molecule has 3 nitrogen and oxygen atoms in total. The van der Waals surface area contributed by atoms with Crippen LogP contribution in [-0.2, 0) is 18.3 Å². The normalized spacial score (nSPS) is 19.2. The van der Waals surface area contributed by atoms with E-state index in [-0.39, 0.29) is 5.41 Å². The molecule has 9 aromatic rings. The van der Waals surface area contributed by atoms with Gasteiger partial charge in [0.15, 0.2) is 0 Å². The third kappa shape index (κ3) is 4.52. The van der Waals surface area contributed by atoms with Gasteiger partial charge in [0.25, 0.3) is 0 Å². The number of fused-ring (bicyclic) bond motifs is 6. The molecule has 3 aliphatic carbocycles. The van der Waals surface area contributed by atoms with Crippen molar-refractivity contribution in [1.29, 1.82) is 0 Å². The van der Waals surface area contributed by atoms with Gasteiger partial charge < -0.3 is 14.2 Å². The van der Waals surface area contributed by atoms with Crippen molar-refractivity contribution in [2.24, 2.45) is 11.8 Å². The van der Waals surface area contributed by atoms with E-state index in [1.54, 1.807) is 0 Å². The van der Waals surface area contributed by atoms with E-state index in [9.17, 15) is 0 Å². The lowest BCUT2D eigenvalue weighted by atomic mass is 9.68. The van der Waals surface area contributed by atoms with Crippen LogP contribution >= 0.6 is 0 Å². The molecule has 0 saturated heterocycles. The summed E-state index contributed by atoms with van der Waals surface area (Å²) >= 11 is 0. The minimum atomic E-state index is -0.127. The Morgan fingerprint density at radius 2 is 0.946 bits per heavy atom. The zero-order chi connectivity index (χ0) is 36.8. The summed E-state index contributed by atoms with van der Waals surface area (Å²) in [6.45, 7) is 0. The smallest absolute Gasteiger partial charge is 0.137 e. The highest BCUT2D eigenvalue weighted by Crippen LogP contribution is 2.68. The number of para-hydroxylation sites is 3. The number of anilines is 6. The minimum absolute atomic E-state index is 0.127. The zero-order valence-corrected chi connectivity index (χ0v) is 31.1. The highest BCUT2D eigenvalue weighted by atomic mass is 16.3. The molecular formula is C53H40N2O. The molecule has 56 heavy (non-hydrogen) atoms. The van der Waals surface area contributed by atoms with Crippen LogP contribution in [-0.4, -0.2) is 0 Å². The Labute approximate surface area is 327 Å². The second-order valence-corrected chi connectivity index (χ2v) is 16.0. The highest BCUT2D eigenvalue weighted by molar-refractivity contribution is 6.06. The van der Waals surface area contributed by atoms with Crippen molar-refractivity contribution >= 4 is 66.8 Å². The lowest BCUT2D eigenvalue weighted by molar-refractivity contribution is 0.350.